The maximum absolute atomic E-state index is 10.5. The lowest BCUT2D eigenvalue weighted by molar-refractivity contribution is -0.135. The fourth-order valence-corrected chi connectivity index (χ4v) is 0.783. The molecule has 1 heterocycles. The van der Waals surface area contributed by atoms with Crippen LogP contribution >= 0.6 is 23.2 Å². The van der Waals surface area contributed by atoms with Gasteiger partial charge in [-0.25, -0.2) is 4.79 Å². The molecule has 0 unspecified atom stereocenters. The van der Waals surface area contributed by atoms with Gasteiger partial charge in [0.25, 0.3) is 0 Å². The topological polar surface area (TPSA) is 57.6 Å². The smallest absolute Gasteiger partial charge is 0.337 e. The highest BCUT2D eigenvalue weighted by Gasteiger charge is 2.14. The van der Waals surface area contributed by atoms with Gasteiger partial charge >= 0.3 is 5.97 Å². The van der Waals surface area contributed by atoms with Gasteiger partial charge in [-0.15, -0.1) is 0 Å². The highest BCUT2D eigenvalue weighted by atomic mass is 35.5. The molecule has 0 aromatic carbocycles. The van der Waals surface area contributed by atoms with Gasteiger partial charge in [-0.05, 0) is 6.42 Å². The summed E-state index contributed by atoms with van der Waals surface area (Å²) in [6.07, 6.45) is 1.81. The van der Waals surface area contributed by atoms with E-state index in [4.69, 9.17) is 28.3 Å². The van der Waals surface area contributed by atoms with Crippen molar-refractivity contribution in [3.63, 3.8) is 0 Å². The lowest BCUT2D eigenvalue weighted by Crippen LogP contribution is -2.17. The van der Waals surface area contributed by atoms with E-state index >= 15 is 0 Å². The summed E-state index contributed by atoms with van der Waals surface area (Å²) in [6.45, 7) is 0.957. The Bertz CT molecular complexity index is 196. The summed E-state index contributed by atoms with van der Waals surface area (Å²) in [5, 5.41) is 7.73. The van der Waals surface area contributed by atoms with Crippen molar-refractivity contribution in [2.45, 2.75) is 17.7 Å². The molecule has 0 aromatic heterocycles. The first-order valence-corrected chi connectivity index (χ1v) is 4.57. The predicted molar refractivity (Wildman–Crippen MR) is 50.0 cm³/mol. The van der Waals surface area contributed by atoms with E-state index < -0.39 is 10.8 Å². The molecule has 0 bridgehead atoms. The zero-order valence-electron chi connectivity index (χ0n) is 7.17. The number of amides is 1. The molecule has 0 aliphatic carbocycles. The first-order valence-electron chi connectivity index (χ1n) is 3.70. The molecule has 0 saturated carbocycles. The van der Waals surface area contributed by atoms with Crippen molar-refractivity contribution in [1.29, 1.82) is 0 Å². The Kier molecular flexibility index (Phi) is 5.82. The van der Waals surface area contributed by atoms with Crippen molar-refractivity contribution < 1.29 is 14.7 Å². The van der Waals surface area contributed by atoms with Crippen LogP contribution in [-0.2, 0) is 9.59 Å². The number of carbonyl (C=O) groups is 2. The standard InChI is InChI=1S/C5H9NO.C2H2Cl2O2/c1-6-4-2-3-5(6)7;3-1(4)2(5)6/h2-4H2,1H3;1H,(H,5,6). The van der Waals surface area contributed by atoms with Crippen molar-refractivity contribution in [1.82, 2.24) is 4.90 Å². The second kappa shape index (κ2) is 6.05. The first-order chi connectivity index (χ1) is 5.95. The molecule has 1 aliphatic rings. The van der Waals surface area contributed by atoms with Crippen molar-refractivity contribution in [3.05, 3.63) is 0 Å². The van der Waals surface area contributed by atoms with E-state index in [2.05, 4.69) is 0 Å². The Morgan fingerprint density at radius 2 is 2.08 bits per heavy atom. The monoisotopic (exact) mass is 227 g/mol. The molecule has 1 fully saturated rings. The summed E-state index contributed by atoms with van der Waals surface area (Å²) in [6, 6.07) is 0. The van der Waals surface area contributed by atoms with Crippen LogP contribution in [0, 0.1) is 0 Å². The number of likely N-dealkylation sites (tertiary alicyclic amines) is 1. The maximum atomic E-state index is 10.5. The minimum atomic E-state index is -1.29. The van der Waals surface area contributed by atoms with Crippen LogP contribution in [0.15, 0.2) is 0 Å². The highest BCUT2D eigenvalue weighted by molar-refractivity contribution is 6.52. The normalized spacial score (nSPS) is 15.7. The number of carboxylic acids is 1. The minimum Gasteiger partial charge on any atom is -0.479 e. The number of nitrogens with zero attached hydrogens (tertiary/aromatic N) is 1. The Labute approximate surface area is 86.4 Å². The molecule has 0 spiro atoms. The fourth-order valence-electron chi connectivity index (χ4n) is 0.783. The van der Waals surface area contributed by atoms with Crippen molar-refractivity contribution in [3.8, 4) is 0 Å². The van der Waals surface area contributed by atoms with Crippen LogP contribution in [0.25, 0.3) is 0 Å². The van der Waals surface area contributed by atoms with E-state index in [1.165, 1.54) is 0 Å². The van der Waals surface area contributed by atoms with Gasteiger partial charge in [-0.2, -0.15) is 0 Å². The van der Waals surface area contributed by atoms with Crippen LogP contribution in [-0.4, -0.2) is 40.3 Å². The van der Waals surface area contributed by atoms with Crippen LogP contribution in [0.1, 0.15) is 12.8 Å². The molecular weight excluding hydrogens is 217 g/mol. The molecule has 0 radical (unpaired) electrons. The fraction of sp³-hybridized carbons (Fsp3) is 0.714. The average molecular weight is 228 g/mol. The molecule has 6 heteroatoms. The van der Waals surface area contributed by atoms with E-state index in [9.17, 15) is 9.59 Å². The molecule has 0 aromatic rings. The van der Waals surface area contributed by atoms with Gasteiger partial charge in [-0.1, -0.05) is 23.2 Å². The molecule has 76 valence electrons. The lowest BCUT2D eigenvalue weighted by Gasteiger charge is -2.03. The molecule has 1 aliphatic heterocycles. The van der Waals surface area contributed by atoms with Gasteiger partial charge in [0.15, 0.2) is 0 Å². The van der Waals surface area contributed by atoms with Crippen molar-refractivity contribution in [2.24, 2.45) is 0 Å². The Morgan fingerprint density at radius 1 is 1.62 bits per heavy atom. The zero-order valence-corrected chi connectivity index (χ0v) is 8.68. The van der Waals surface area contributed by atoms with Gasteiger partial charge in [0.2, 0.25) is 10.7 Å². The van der Waals surface area contributed by atoms with Gasteiger partial charge in [0, 0.05) is 20.0 Å². The van der Waals surface area contributed by atoms with Crippen LogP contribution in [0.3, 0.4) is 0 Å². The van der Waals surface area contributed by atoms with Crippen LogP contribution in [0.5, 0.6) is 0 Å². The Morgan fingerprint density at radius 3 is 2.15 bits per heavy atom. The maximum Gasteiger partial charge on any atom is 0.337 e. The number of carboxylic acid groups (broad SMARTS) is 1. The van der Waals surface area contributed by atoms with Gasteiger partial charge in [0.05, 0.1) is 0 Å². The lowest BCUT2D eigenvalue weighted by atomic mass is 10.4. The summed E-state index contributed by atoms with van der Waals surface area (Å²) >= 11 is 9.56. The van der Waals surface area contributed by atoms with Gasteiger partial charge < -0.3 is 10.0 Å². The van der Waals surface area contributed by atoms with E-state index in [1.54, 1.807) is 4.90 Å². The Hall–Kier alpha value is -0.480. The highest BCUT2D eigenvalue weighted by Crippen LogP contribution is 2.04. The number of carbonyl (C=O) groups excluding carboxylic acids is 1. The minimum absolute atomic E-state index is 0.292. The number of rotatable bonds is 1. The molecule has 1 N–H and O–H groups in total. The summed E-state index contributed by atoms with van der Waals surface area (Å²) in [5.74, 6) is -0.918. The van der Waals surface area contributed by atoms with Crippen LogP contribution in [0.2, 0.25) is 0 Å². The third-order valence-electron chi connectivity index (χ3n) is 1.50. The van der Waals surface area contributed by atoms with E-state index in [-0.39, 0.29) is 0 Å². The average Bonchev–Trinajstić information content (AvgIpc) is 2.37. The third-order valence-corrected chi connectivity index (χ3v) is 1.87. The van der Waals surface area contributed by atoms with Crippen molar-refractivity contribution >= 4 is 35.1 Å². The van der Waals surface area contributed by atoms with Crippen molar-refractivity contribution in [2.75, 3.05) is 13.6 Å². The molecule has 4 nitrogen and oxygen atoms in total. The molecule has 1 saturated heterocycles. The number of aliphatic carboxylic acids is 1. The molecule has 1 rings (SSSR count). The van der Waals surface area contributed by atoms with E-state index in [0.29, 0.717) is 5.91 Å². The Balaban J connectivity index is 0.000000226. The quantitative estimate of drug-likeness (QED) is 0.684. The SMILES string of the molecule is CN1CCCC1=O.O=C(O)C(Cl)Cl. The molecule has 13 heavy (non-hydrogen) atoms. The number of hydrogen-bond donors (Lipinski definition) is 1. The summed E-state index contributed by atoms with van der Waals surface area (Å²) < 4.78 is 0. The predicted octanol–water partition coefficient (Wildman–Crippen LogP) is 1.11. The summed E-state index contributed by atoms with van der Waals surface area (Å²) in [5.41, 5.74) is 0. The second-order valence-corrected chi connectivity index (χ2v) is 3.65. The molecular formula is C7H11Cl2NO3. The van der Waals surface area contributed by atoms with Gasteiger partial charge in [0.1, 0.15) is 0 Å². The van der Waals surface area contributed by atoms with E-state index in [0.717, 1.165) is 19.4 Å². The largest absolute Gasteiger partial charge is 0.479 e. The van der Waals surface area contributed by atoms with Crippen LogP contribution in [0.4, 0.5) is 0 Å². The van der Waals surface area contributed by atoms with Gasteiger partial charge in [-0.3, -0.25) is 4.79 Å². The van der Waals surface area contributed by atoms with Crippen LogP contribution < -0.4 is 0 Å². The molecule has 0 atom stereocenters. The van der Waals surface area contributed by atoms with E-state index in [1.807, 2.05) is 7.05 Å². The second-order valence-electron chi connectivity index (χ2n) is 2.56. The molecule has 1 amide bonds. The first kappa shape index (κ1) is 12.5. The third kappa shape index (κ3) is 5.71. The summed E-state index contributed by atoms with van der Waals surface area (Å²) in [4.78, 5) is 20.4. The summed E-state index contributed by atoms with van der Waals surface area (Å²) in [7, 11) is 1.84. The number of hydrogen-bond acceptors (Lipinski definition) is 2. The zero-order chi connectivity index (χ0) is 10.4. The number of alkyl halides is 2. The number of halogens is 2.